The Bertz CT molecular complexity index is 849. The molecular formula is C20H23N3O. The van der Waals surface area contributed by atoms with E-state index in [1.54, 1.807) is 0 Å². The molecule has 0 aliphatic carbocycles. The number of amides is 1. The Kier molecular flexibility index (Phi) is 4.67. The van der Waals surface area contributed by atoms with Gasteiger partial charge in [-0.2, -0.15) is 0 Å². The Morgan fingerprint density at radius 3 is 2.62 bits per heavy atom. The van der Waals surface area contributed by atoms with Crippen LogP contribution >= 0.6 is 0 Å². The lowest BCUT2D eigenvalue weighted by molar-refractivity contribution is -0.117. The van der Waals surface area contributed by atoms with Gasteiger partial charge in [0.05, 0.1) is 5.52 Å². The van der Waals surface area contributed by atoms with Crippen LogP contribution in [0.15, 0.2) is 54.7 Å². The first-order chi connectivity index (χ1) is 11.6. The number of nitrogens with one attached hydrogen (secondary N) is 1. The Labute approximate surface area is 142 Å². The quantitative estimate of drug-likeness (QED) is 0.746. The molecule has 0 aliphatic heterocycles. The van der Waals surface area contributed by atoms with Crippen molar-refractivity contribution in [2.45, 2.75) is 32.9 Å². The Morgan fingerprint density at radius 2 is 1.92 bits per heavy atom. The molecular weight excluding hydrogens is 298 g/mol. The number of carbonyl (C=O) groups excluding carboxylic acids is 1. The summed E-state index contributed by atoms with van der Waals surface area (Å²) in [4.78, 5) is 12.4. The topological polar surface area (TPSA) is 60.0 Å². The molecule has 1 heterocycles. The number of aryl methyl sites for hydroxylation is 2. The summed E-state index contributed by atoms with van der Waals surface area (Å²) in [5, 5.41) is 4.10. The lowest BCUT2D eigenvalue weighted by atomic mass is 10.1. The second-order valence-corrected chi connectivity index (χ2v) is 6.16. The number of anilines is 1. The highest BCUT2D eigenvalue weighted by Gasteiger charge is 2.16. The van der Waals surface area contributed by atoms with Crippen molar-refractivity contribution < 1.29 is 4.79 Å². The highest BCUT2D eigenvalue weighted by Crippen LogP contribution is 2.22. The fourth-order valence-electron chi connectivity index (χ4n) is 2.84. The molecule has 4 nitrogen and oxygen atoms in total. The standard InChI is InChI=1S/C20H23N3O/c1-3-11-23-12-10-15-8-9-17(13-18(15)23)22-20(24)19(21)16-6-4-14(2)5-7-16/h4-10,12-13,19H,3,11,21H2,1-2H3,(H,22,24). The second-order valence-electron chi connectivity index (χ2n) is 6.16. The number of carbonyl (C=O) groups is 1. The monoisotopic (exact) mass is 321 g/mol. The Hall–Kier alpha value is -2.59. The molecule has 3 rings (SSSR count). The van der Waals surface area contributed by atoms with Gasteiger partial charge in [0, 0.05) is 18.4 Å². The van der Waals surface area contributed by atoms with E-state index < -0.39 is 6.04 Å². The van der Waals surface area contributed by atoms with Crippen molar-refractivity contribution in [1.29, 1.82) is 0 Å². The average molecular weight is 321 g/mol. The number of rotatable bonds is 5. The molecule has 0 fully saturated rings. The van der Waals surface area contributed by atoms with Crippen LogP contribution in [0.2, 0.25) is 0 Å². The largest absolute Gasteiger partial charge is 0.347 e. The third kappa shape index (κ3) is 3.34. The van der Waals surface area contributed by atoms with Gasteiger partial charge in [-0.3, -0.25) is 4.79 Å². The molecule has 4 heteroatoms. The molecule has 24 heavy (non-hydrogen) atoms. The zero-order chi connectivity index (χ0) is 17.1. The molecule has 0 spiro atoms. The van der Waals surface area contributed by atoms with Crippen molar-refractivity contribution in [3.63, 3.8) is 0 Å². The maximum absolute atomic E-state index is 12.4. The summed E-state index contributed by atoms with van der Waals surface area (Å²) in [6.07, 6.45) is 3.15. The molecule has 0 bridgehead atoms. The van der Waals surface area contributed by atoms with Crippen LogP contribution in [-0.4, -0.2) is 10.5 Å². The SMILES string of the molecule is CCCn1ccc2ccc(NC(=O)C(N)c3ccc(C)cc3)cc21. The molecule has 1 amide bonds. The van der Waals surface area contributed by atoms with Crippen molar-refractivity contribution in [3.05, 3.63) is 65.9 Å². The first-order valence-corrected chi connectivity index (χ1v) is 8.30. The molecule has 2 aromatic carbocycles. The van der Waals surface area contributed by atoms with Crippen LogP contribution in [0.25, 0.3) is 10.9 Å². The third-order valence-corrected chi connectivity index (χ3v) is 4.22. The van der Waals surface area contributed by atoms with Gasteiger partial charge in [0.1, 0.15) is 6.04 Å². The summed E-state index contributed by atoms with van der Waals surface area (Å²) in [5.41, 5.74) is 9.94. The number of nitrogens with two attached hydrogens (primary N) is 1. The molecule has 3 N–H and O–H groups in total. The van der Waals surface area contributed by atoms with E-state index in [2.05, 4.69) is 29.1 Å². The fraction of sp³-hybridized carbons (Fsp3) is 0.250. The van der Waals surface area contributed by atoms with Gasteiger partial charge in [0.15, 0.2) is 0 Å². The van der Waals surface area contributed by atoms with Crippen molar-refractivity contribution in [1.82, 2.24) is 4.57 Å². The predicted octanol–water partition coefficient (Wildman–Crippen LogP) is 4.00. The van der Waals surface area contributed by atoms with Crippen LogP contribution in [0.5, 0.6) is 0 Å². The van der Waals surface area contributed by atoms with Crippen molar-refractivity contribution in [2.75, 3.05) is 5.32 Å². The molecule has 1 unspecified atom stereocenters. The normalized spacial score (nSPS) is 12.3. The molecule has 1 aromatic heterocycles. The van der Waals surface area contributed by atoms with Gasteiger partial charge in [-0.05, 0) is 42.5 Å². The van der Waals surface area contributed by atoms with Crippen LogP contribution in [0.3, 0.4) is 0 Å². The highest BCUT2D eigenvalue weighted by molar-refractivity contribution is 5.97. The van der Waals surface area contributed by atoms with Gasteiger partial charge in [-0.25, -0.2) is 0 Å². The van der Waals surface area contributed by atoms with E-state index in [9.17, 15) is 4.79 Å². The van der Waals surface area contributed by atoms with Gasteiger partial charge < -0.3 is 15.6 Å². The van der Waals surface area contributed by atoms with E-state index in [4.69, 9.17) is 5.73 Å². The molecule has 3 aromatic rings. The lowest BCUT2D eigenvalue weighted by Crippen LogP contribution is -2.27. The minimum absolute atomic E-state index is 0.202. The van der Waals surface area contributed by atoms with Gasteiger partial charge in [0.25, 0.3) is 0 Å². The minimum Gasteiger partial charge on any atom is -0.347 e. The number of benzene rings is 2. The molecule has 0 saturated carbocycles. The van der Waals surface area contributed by atoms with Gasteiger partial charge in [-0.15, -0.1) is 0 Å². The van der Waals surface area contributed by atoms with Crippen LogP contribution in [-0.2, 0) is 11.3 Å². The zero-order valence-electron chi connectivity index (χ0n) is 14.1. The van der Waals surface area contributed by atoms with Gasteiger partial charge in [-0.1, -0.05) is 42.8 Å². The van der Waals surface area contributed by atoms with Crippen LogP contribution in [0, 0.1) is 6.92 Å². The van der Waals surface area contributed by atoms with E-state index in [-0.39, 0.29) is 5.91 Å². The Balaban J connectivity index is 1.79. The van der Waals surface area contributed by atoms with E-state index in [0.717, 1.165) is 35.3 Å². The molecule has 0 aliphatic rings. The van der Waals surface area contributed by atoms with Crippen LogP contribution < -0.4 is 11.1 Å². The summed E-state index contributed by atoms with van der Waals surface area (Å²) in [7, 11) is 0. The fourth-order valence-corrected chi connectivity index (χ4v) is 2.84. The predicted molar refractivity (Wildman–Crippen MR) is 99.0 cm³/mol. The highest BCUT2D eigenvalue weighted by atomic mass is 16.2. The number of fused-ring (bicyclic) bond motifs is 1. The van der Waals surface area contributed by atoms with Crippen molar-refractivity contribution in [3.8, 4) is 0 Å². The summed E-state index contributed by atoms with van der Waals surface area (Å²) >= 11 is 0. The van der Waals surface area contributed by atoms with E-state index >= 15 is 0 Å². The van der Waals surface area contributed by atoms with Crippen molar-refractivity contribution >= 4 is 22.5 Å². The maximum atomic E-state index is 12.4. The number of hydrogen-bond acceptors (Lipinski definition) is 2. The zero-order valence-corrected chi connectivity index (χ0v) is 14.1. The summed E-state index contributed by atoms with van der Waals surface area (Å²) in [6.45, 7) is 5.12. The first kappa shape index (κ1) is 16.3. The van der Waals surface area contributed by atoms with Crippen LogP contribution in [0.1, 0.15) is 30.5 Å². The van der Waals surface area contributed by atoms with Gasteiger partial charge in [0.2, 0.25) is 5.91 Å². The van der Waals surface area contributed by atoms with Gasteiger partial charge >= 0.3 is 0 Å². The van der Waals surface area contributed by atoms with E-state index in [1.165, 1.54) is 5.39 Å². The maximum Gasteiger partial charge on any atom is 0.245 e. The number of hydrogen-bond donors (Lipinski definition) is 2. The van der Waals surface area contributed by atoms with Crippen molar-refractivity contribution in [2.24, 2.45) is 5.73 Å². The molecule has 1 atom stereocenters. The first-order valence-electron chi connectivity index (χ1n) is 8.30. The molecule has 0 saturated heterocycles. The summed E-state index contributed by atoms with van der Waals surface area (Å²) in [5.74, 6) is -0.202. The molecule has 124 valence electrons. The molecule has 0 radical (unpaired) electrons. The minimum atomic E-state index is -0.677. The average Bonchev–Trinajstić information content (AvgIpc) is 2.98. The van der Waals surface area contributed by atoms with E-state index in [0.29, 0.717) is 0 Å². The van der Waals surface area contributed by atoms with Crippen LogP contribution in [0.4, 0.5) is 5.69 Å². The summed E-state index contributed by atoms with van der Waals surface area (Å²) < 4.78 is 2.20. The lowest BCUT2D eigenvalue weighted by Gasteiger charge is -2.13. The Morgan fingerprint density at radius 1 is 1.17 bits per heavy atom. The third-order valence-electron chi connectivity index (χ3n) is 4.22. The second kappa shape index (κ2) is 6.89. The summed E-state index contributed by atoms with van der Waals surface area (Å²) in [6, 6.07) is 15.1. The number of aromatic nitrogens is 1. The van der Waals surface area contributed by atoms with E-state index in [1.807, 2.05) is 49.4 Å². The number of nitrogens with zero attached hydrogens (tertiary/aromatic N) is 1. The smallest absolute Gasteiger partial charge is 0.245 e.